The first-order valence-corrected chi connectivity index (χ1v) is 4.67. The van der Waals surface area contributed by atoms with Gasteiger partial charge in [-0.2, -0.15) is 0 Å². The molecule has 1 fully saturated rings. The van der Waals surface area contributed by atoms with Gasteiger partial charge in [0.2, 0.25) is 11.7 Å². The second kappa shape index (κ2) is 2.47. The van der Waals surface area contributed by atoms with Crippen LogP contribution in [-0.2, 0) is 11.3 Å². The molecule has 1 aromatic heterocycles. The fourth-order valence-electron chi connectivity index (χ4n) is 2.22. The molecule has 1 saturated heterocycles. The molecule has 3 rings (SSSR count). The summed E-state index contributed by atoms with van der Waals surface area (Å²) < 4.78 is 5.12. The van der Waals surface area contributed by atoms with E-state index < -0.39 is 0 Å². The fraction of sp³-hybridized carbons (Fsp3) is 0.400. The van der Waals surface area contributed by atoms with Crippen molar-refractivity contribution in [2.24, 2.45) is 0 Å². The Kier molecular flexibility index (Phi) is 1.37. The summed E-state index contributed by atoms with van der Waals surface area (Å²) in [6, 6.07) is 1.50. The smallest absolute Gasteiger partial charge is 0.223 e. The molecule has 0 spiro atoms. The number of amides is 1. The zero-order valence-corrected chi connectivity index (χ0v) is 7.53. The molecule has 4 heteroatoms. The average molecular weight is 191 g/mol. The summed E-state index contributed by atoms with van der Waals surface area (Å²) in [5.74, 6) is 0.484. The quantitative estimate of drug-likeness (QED) is 0.613. The summed E-state index contributed by atoms with van der Waals surface area (Å²) in [5, 5.41) is 0. The number of carbonyl (C=O) groups is 2. The van der Waals surface area contributed by atoms with Gasteiger partial charge in [0.05, 0.1) is 18.8 Å². The van der Waals surface area contributed by atoms with Gasteiger partial charge in [-0.25, -0.2) is 0 Å². The lowest BCUT2D eigenvalue weighted by molar-refractivity contribution is -0.129. The Bertz CT molecular complexity index is 421. The maximum absolute atomic E-state index is 11.8. The molecule has 0 N–H and O–H groups in total. The molecule has 72 valence electrons. The third kappa shape index (κ3) is 0.828. The minimum absolute atomic E-state index is 0.0397. The van der Waals surface area contributed by atoms with E-state index in [-0.39, 0.29) is 17.7 Å². The van der Waals surface area contributed by atoms with Crippen LogP contribution in [0, 0.1) is 0 Å². The van der Waals surface area contributed by atoms with E-state index in [0.29, 0.717) is 25.1 Å². The standard InChI is InChI=1S/C10H9NO3/c12-8-2-1-7-9(13)10-6(3-4-14-10)5-11(7)8/h3-4,7H,1-2,5H2/t7-/m1/s1. The molecule has 1 aromatic rings. The van der Waals surface area contributed by atoms with Crippen LogP contribution in [0.5, 0.6) is 0 Å². The van der Waals surface area contributed by atoms with Gasteiger partial charge >= 0.3 is 0 Å². The topological polar surface area (TPSA) is 50.5 Å². The van der Waals surface area contributed by atoms with Crippen LogP contribution in [0.4, 0.5) is 0 Å². The molecular formula is C10H9NO3. The van der Waals surface area contributed by atoms with Crippen LogP contribution < -0.4 is 0 Å². The van der Waals surface area contributed by atoms with Gasteiger partial charge in [0.1, 0.15) is 0 Å². The van der Waals surface area contributed by atoms with Gasteiger partial charge in [-0.05, 0) is 12.5 Å². The Hall–Kier alpha value is -1.58. The van der Waals surface area contributed by atoms with Gasteiger partial charge in [-0.1, -0.05) is 0 Å². The second-order valence-electron chi connectivity index (χ2n) is 3.72. The number of hydrogen-bond donors (Lipinski definition) is 0. The van der Waals surface area contributed by atoms with Crippen LogP contribution in [0.15, 0.2) is 16.7 Å². The van der Waals surface area contributed by atoms with E-state index in [1.165, 1.54) is 6.26 Å². The van der Waals surface area contributed by atoms with Crippen LogP contribution >= 0.6 is 0 Å². The molecule has 14 heavy (non-hydrogen) atoms. The lowest BCUT2D eigenvalue weighted by Gasteiger charge is -2.27. The molecule has 3 heterocycles. The summed E-state index contributed by atoms with van der Waals surface area (Å²) in [7, 11) is 0. The van der Waals surface area contributed by atoms with Crippen LogP contribution in [0.3, 0.4) is 0 Å². The molecule has 4 nitrogen and oxygen atoms in total. The first-order valence-electron chi connectivity index (χ1n) is 4.67. The largest absolute Gasteiger partial charge is 0.461 e. The zero-order valence-electron chi connectivity index (χ0n) is 7.53. The number of fused-ring (bicyclic) bond motifs is 2. The van der Waals surface area contributed by atoms with Gasteiger partial charge in [-0.15, -0.1) is 0 Å². The van der Waals surface area contributed by atoms with E-state index in [0.717, 1.165) is 5.56 Å². The van der Waals surface area contributed by atoms with Crippen LogP contribution in [0.25, 0.3) is 0 Å². The normalized spacial score (nSPS) is 25.1. The predicted molar refractivity (Wildman–Crippen MR) is 46.6 cm³/mol. The van der Waals surface area contributed by atoms with Crippen molar-refractivity contribution in [1.82, 2.24) is 4.90 Å². The maximum atomic E-state index is 11.8. The number of Topliss-reactive ketones (excluding diaryl/α,β-unsaturated/α-hetero) is 1. The summed E-state index contributed by atoms with van der Waals surface area (Å²) >= 11 is 0. The van der Waals surface area contributed by atoms with E-state index in [9.17, 15) is 9.59 Å². The van der Waals surface area contributed by atoms with Crippen molar-refractivity contribution >= 4 is 11.7 Å². The van der Waals surface area contributed by atoms with Gasteiger partial charge in [0.25, 0.3) is 0 Å². The van der Waals surface area contributed by atoms with Gasteiger partial charge in [-0.3, -0.25) is 9.59 Å². The van der Waals surface area contributed by atoms with Gasteiger partial charge in [0.15, 0.2) is 5.76 Å². The van der Waals surface area contributed by atoms with Crippen LogP contribution in [-0.4, -0.2) is 22.6 Å². The van der Waals surface area contributed by atoms with Crippen molar-refractivity contribution in [3.8, 4) is 0 Å². The highest BCUT2D eigenvalue weighted by Gasteiger charge is 2.42. The first-order chi connectivity index (χ1) is 6.77. The van der Waals surface area contributed by atoms with Crippen molar-refractivity contribution in [3.05, 3.63) is 23.7 Å². The summed E-state index contributed by atoms with van der Waals surface area (Å²) in [6.07, 6.45) is 2.63. The van der Waals surface area contributed by atoms with E-state index in [4.69, 9.17) is 4.42 Å². The minimum atomic E-state index is -0.263. The highest BCUT2D eigenvalue weighted by Crippen LogP contribution is 2.31. The summed E-state index contributed by atoms with van der Waals surface area (Å²) in [6.45, 7) is 0.529. The molecule has 0 saturated carbocycles. The van der Waals surface area contributed by atoms with Crippen molar-refractivity contribution in [3.63, 3.8) is 0 Å². The van der Waals surface area contributed by atoms with Gasteiger partial charge in [0, 0.05) is 12.0 Å². The highest BCUT2D eigenvalue weighted by atomic mass is 16.3. The SMILES string of the molecule is O=C1c2occc2CN2C(=O)CC[C@H]12. The monoisotopic (exact) mass is 191 g/mol. The van der Waals surface area contributed by atoms with Crippen molar-refractivity contribution < 1.29 is 14.0 Å². The fourth-order valence-corrected chi connectivity index (χ4v) is 2.22. The Balaban J connectivity index is 2.09. The molecule has 0 radical (unpaired) electrons. The Morgan fingerprint density at radius 2 is 2.29 bits per heavy atom. The third-order valence-corrected chi connectivity index (χ3v) is 2.94. The summed E-state index contributed by atoms with van der Waals surface area (Å²) in [5.41, 5.74) is 0.835. The second-order valence-corrected chi connectivity index (χ2v) is 3.72. The zero-order chi connectivity index (χ0) is 9.71. The lowest BCUT2D eigenvalue weighted by atomic mass is 10.0. The number of rotatable bonds is 0. The van der Waals surface area contributed by atoms with Crippen molar-refractivity contribution in [2.45, 2.75) is 25.4 Å². The number of carbonyl (C=O) groups excluding carboxylic acids is 2. The van der Waals surface area contributed by atoms with Crippen molar-refractivity contribution in [1.29, 1.82) is 0 Å². The Morgan fingerprint density at radius 3 is 3.14 bits per heavy atom. The molecule has 0 bridgehead atoms. The molecule has 1 amide bonds. The molecule has 1 atom stereocenters. The van der Waals surface area contributed by atoms with E-state index in [2.05, 4.69) is 0 Å². The average Bonchev–Trinajstić information content (AvgIpc) is 2.75. The number of nitrogens with zero attached hydrogens (tertiary/aromatic N) is 1. The molecule has 2 aliphatic heterocycles. The number of furan rings is 1. The summed E-state index contributed by atoms with van der Waals surface area (Å²) in [4.78, 5) is 24.9. The van der Waals surface area contributed by atoms with Crippen molar-refractivity contribution in [2.75, 3.05) is 0 Å². The van der Waals surface area contributed by atoms with Crippen LogP contribution in [0.1, 0.15) is 29.0 Å². The van der Waals surface area contributed by atoms with Gasteiger partial charge < -0.3 is 9.32 Å². The Morgan fingerprint density at radius 1 is 1.43 bits per heavy atom. The highest BCUT2D eigenvalue weighted by molar-refractivity contribution is 6.03. The van der Waals surface area contributed by atoms with E-state index >= 15 is 0 Å². The van der Waals surface area contributed by atoms with Crippen LogP contribution in [0.2, 0.25) is 0 Å². The lowest BCUT2D eigenvalue weighted by Crippen LogP contribution is -2.41. The Labute approximate surface area is 80.5 Å². The molecule has 2 aliphatic rings. The first kappa shape index (κ1) is 7.79. The molecule has 0 aliphatic carbocycles. The molecular weight excluding hydrogens is 182 g/mol. The maximum Gasteiger partial charge on any atom is 0.223 e. The third-order valence-electron chi connectivity index (χ3n) is 2.94. The number of ketones is 1. The minimum Gasteiger partial charge on any atom is -0.461 e. The molecule has 0 aromatic carbocycles. The molecule has 0 unspecified atom stereocenters. The van der Waals surface area contributed by atoms with E-state index in [1.807, 2.05) is 0 Å². The van der Waals surface area contributed by atoms with E-state index in [1.54, 1.807) is 11.0 Å². The number of hydrogen-bond acceptors (Lipinski definition) is 3. The predicted octanol–water partition coefficient (Wildman–Crippen LogP) is 0.967.